The smallest absolute Gasteiger partial charge is 0.329 e. The number of phenols is 1. The zero-order chi connectivity index (χ0) is 14.3. The van der Waals surface area contributed by atoms with Crippen LogP contribution in [0.3, 0.4) is 0 Å². The van der Waals surface area contributed by atoms with Crippen LogP contribution in [-0.4, -0.2) is 14.9 Å². The molecule has 0 heterocycles. The van der Waals surface area contributed by atoms with Crippen LogP contribution in [-0.2, 0) is 16.1 Å². The summed E-state index contributed by atoms with van der Waals surface area (Å²) in [6.07, 6.45) is -0.289. The molecule has 0 aliphatic heterocycles. The van der Waals surface area contributed by atoms with Gasteiger partial charge in [-0.05, 0) is 41.5 Å². The van der Waals surface area contributed by atoms with Gasteiger partial charge in [0, 0.05) is 0 Å². The van der Waals surface area contributed by atoms with Gasteiger partial charge in [-0.15, -0.1) is 0 Å². The van der Waals surface area contributed by atoms with Crippen LogP contribution < -0.4 is 0 Å². The highest BCUT2D eigenvalue weighted by Crippen LogP contribution is 2.43. The minimum atomic E-state index is -4.10. The maximum absolute atomic E-state index is 11.1. The second-order valence-corrected chi connectivity index (χ2v) is 7.40. The van der Waals surface area contributed by atoms with Gasteiger partial charge in [0.2, 0.25) is 0 Å². The minimum Gasteiger partial charge on any atom is -0.507 e. The summed E-state index contributed by atoms with van der Waals surface area (Å²) in [4.78, 5) is 18.2. The van der Waals surface area contributed by atoms with Crippen molar-refractivity contribution in [3.05, 3.63) is 28.3 Å². The van der Waals surface area contributed by atoms with Gasteiger partial charge in [0.1, 0.15) is 5.75 Å². The molecule has 0 bridgehead atoms. The third-order valence-corrected chi connectivity index (χ3v) is 3.91. The molecule has 4 nitrogen and oxygen atoms in total. The predicted molar refractivity (Wildman–Crippen MR) is 72.0 cm³/mol. The third-order valence-electron chi connectivity index (χ3n) is 3.16. The summed E-state index contributed by atoms with van der Waals surface area (Å²) in [5.41, 5.74) is 2.47. The van der Waals surface area contributed by atoms with Gasteiger partial charge in [-0.3, -0.25) is 4.57 Å². The van der Waals surface area contributed by atoms with Gasteiger partial charge in [0.25, 0.3) is 0 Å². The molecule has 0 unspecified atom stereocenters. The quantitative estimate of drug-likeness (QED) is 0.723. The van der Waals surface area contributed by atoms with E-state index in [-0.39, 0.29) is 17.3 Å². The van der Waals surface area contributed by atoms with E-state index in [1.54, 1.807) is 19.9 Å². The van der Waals surface area contributed by atoms with E-state index < -0.39 is 7.60 Å². The standard InChI is InChI=1S/C13H21O4P/c1-8-9(2)12(14)11(13(3,4)5)6-10(8)7-18(15,16)17/h6,14H,7H2,1-5H3,(H2,15,16,17). The van der Waals surface area contributed by atoms with E-state index in [0.29, 0.717) is 16.7 Å². The molecule has 1 rings (SSSR count). The fraction of sp³-hybridized carbons (Fsp3) is 0.538. The molecule has 0 saturated heterocycles. The molecule has 102 valence electrons. The molecule has 1 aromatic rings. The molecule has 0 aliphatic rings. The molecule has 0 radical (unpaired) electrons. The molecule has 5 heteroatoms. The van der Waals surface area contributed by atoms with Gasteiger partial charge in [-0.25, -0.2) is 0 Å². The number of hydrogen-bond donors (Lipinski definition) is 3. The van der Waals surface area contributed by atoms with Crippen molar-refractivity contribution in [3.8, 4) is 5.75 Å². The van der Waals surface area contributed by atoms with Crippen molar-refractivity contribution in [2.24, 2.45) is 0 Å². The second-order valence-electron chi connectivity index (χ2n) is 5.75. The van der Waals surface area contributed by atoms with Crippen LogP contribution in [0.25, 0.3) is 0 Å². The van der Waals surface area contributed by atoms with Crippen LogP contribution in [0.4, 0.5) is 0 Å². The average molecular weight is 272 g/mol. The van der Waals surface area contributed by atoms with Gasteiger partial charge >= 0.3 is 7.60 Å². The van der Waals surface area contributed by atoms with Crippen LogP contribution in [0.1, 0.15) is 43.0 Å². The largest absolute Gasteiger partial charge is 0.507 e. The monoisotopic (exact) mass is 272 g/mol. The first kappa shape index (κ1) is 15.2. The first-order valence-corrected chi connectivity index (χ1v) is 7.60. The zero-order valence-corrected chi connectivity index (χ0v) is 12.4. The lowest BCUT2D eigenvalue weighted by Crippen LogP contribution is -2.13. The van der Waals surface area contributed by atoms with E-state index in [4.69, 9.17) is 9.79 Å². The Balaban J connectivity index is 3.47. The first-order valence-electron chi connectivity index (χ1n) is 5.80. The lowest BCUT2D eigenvalue weighted by Gasteiger charge is -2.24. The van der Waals surface area contributed by atoms with Crippen molar-refractivity contribution < 1.29 is 19.5 Å². The van der Waals surface area contributed by atoms with Gasteiger partial charge in [-0.2, -0.15) is 0 Å². The molecular weight excluding hydrogens is 251 g/mol. The Kier molecular flexibility index (Phi) is 3.97. The molecule has 0 fully saturated rings. The second kappa shape index (κ2) is 4.69. The maximum Gasteiger partial charge on any atom is 0.329 e. The van der Waals surface area contributed by atoms with E-state index in [0.717, 1.165) is 5.56 Å². The predicted octanol–water partition coefficient (Wildman–Crippen LogP) is 2.98. The molecule has 3 N–H and O–H groups in total. The van der Waals surface area contributed by atoms with Crippen molar-refractivity contribution in [3.63, 3.8) is 0 Å². The summed E-state index contributed by atoms with van der Waals surface area (Å²) in [5, 5.41) is 10.1. The molecular formula is C13H21O4P. The summed E-state index contributed by atoms with van der Waals surface area (Å²) in [7, 11) is -4.10. The van der Waals surface area contributed by atoms with Crippen molar-refractivity contribution >= 4 is 7.60 Å². The van der Waals surface area contributed by atoms with Crippen LogP contribution >= 0.6 is 7.60 Å². The lowest BCUT2D eigenvalue weighted by molar-refractivity contribution is 0.371. The summed E-state index contributed by atoms with van der Waals surface area (Å²) >= 11 is 0. The van der Waals surface area contributed by atoms with Gasteiger partial charge in [0.05, 0.1) is 6.16 Å². The number of phenolic OH excluding ortho intramolecular Hbond substituents is 1. The summed E-state index contributed by atoms with van der Waals surface area (Å²) < 4.78 is 11.1. The van der Waals surface area contributed by atoms with Crippen molar-refractivity contribution in [1.29, 1.82) is 0 Å². The molecule has 18 heavy (non-hydrogen) atoms. The van der Waals surface area contributed by atoms with E-state index in [1.165, 1.54) is 0 Å². The molecule has 0 amide bonds. The molecule has 0 aliphatic carbocycles. The normalized spacial score (nSPS) is 12.8. The van der Waals surface area contributed by atoms with Crippen LogP contribution in [0.5, 0.6) is 5.75 Å². The average Bonchev–Trinajstić information content (AvgIpc) is 2.15. The third kappa shape index (κ3) is 3.35. The Morgan fingerprint density at radius 2 is 1.67 bits per heavy atom. The van der Waals surface area contributed by atoms with Gasteiger partial charge in [0.15, 0.2) is 0 Å². The molecule has 1 aromatic carbocycles. The van der Waals surface area contributed by atoms with E-state index in [9.17, 15) is 9.67 Å². The highest BCUT2D eigenvalue weighted by Gasteiger charge is 2.24. The SMILES string of the molecule is Cc1c(CP(=O)(O)O)cc(C(C)(C)C)c(O)c1C. The van der Waals surface area contributed by atoms with Crippen LogP contribution in [0, 0.1) is 13.8 Å². The number of aromatic hydroxyl groups is 1. The Morgan fingerprint density at radius 3 is 2.06 bits per heavy atom. The highest BCUT2D eigenvalue weighted by atomic mass is 31.2. The Labute approximate surface area is 108 Å². The highest BCUT2D eigenvalue weighted by molar-refractivity contribution is 7.50. The number of hydrogen-bond acceptors (Lipinski definition) is 2. The summed E-state index contributed by atoms with van der Waals surface area (Å²) in [6.45, 7) is 9.41. The lowest BCUT2D eigenvalue weighted by atomic mass is 9.83. The van der Waals surface area contributed by atoms with E-state index in [1.807, 2.05) is 20.8 Å². The Hall–Kier alpha value is -0.830. The number of rotatable bonds is 2. The van der Waals surface area contributed by atoms with Crippen molar-refractivity contribution in [1.82, 2.24) is 0 Å². The molecule has 0 atom stereocenters. The van der Waals surface area contributed by atoms with Crippen LogP contribution in [0.15, 0.2) is 6.07 Å². The summed E-state index contributed by atoms with van der Waals surface area (Å²) in [5.74, 6) is 0.217. The zero-order valence-electron chi connectivity index (χ0n) is 11.5. The van der Waals surface area contributed by atoms with E-state index >= 15 is 0 Å². The fourth-order valence-electron chi connectivity index (χ4n) is 1.93. The minimum absolute atomic E-state index is 0.217. The van der Waals surface area contributed by atoms with Crippen molar-refractivity contribution in [2.75, 3.05) is 0 Å². The molecule has 0 aromatic heterocycles. The fourth-order valence-corrected chi connectivity index (χ4v) is 2.70. The first-order chi connectivity index (χ1) is 7.93. The number of benzene rings is 1. The van der Waals surface area contributed by atoms with Gasteiger partial charge < -0.3 is 14.9 Å². The Morgan fingerprint density at radius 1 is 1.17 bits per heavy atom. The maximum atomic E-state index is 11.1. The Bertz CT molecular complexity index is 509. The van der Waals surface area contributed by atoms with Crippen LogP contribution in [0.2, 0.25) is 0 Å². The van der Waals surface area contributed by atoms with Crippen molar-refractivity contribution in [2.45, 2.75) is 46.2 Å². The summed E-state index contributed by atoms with van der Waals surface area (Å²) in [6, 6.07) is 1.71. The molecule has 0 saturated carbocycles. The van der Waals surface area contributed by atoms with Gasteiger partial charge in [-0.1, -0.05) is 26.8 Å². The molecule has 0 spiro atoms. The van der Waals surface area contributed by atoms with E-state index in [2.05, 4.69) is 0 Å². The topological polar surface area (TPSA) is 77.8 Å².